The van der Waals surface area contributed by atoms with Crippen molar-refractivity contribution in [3.8, 4) is 5.75 Å². The maximum absolute atomic E-state index is 13.5. The van der Waals surface area contributed by atoms with Crippen LogP contribution < -0.4 is 4.74 Å². The molecular formula is C12H10F2N2O2. The van der Waals surface area contributed by atoms with E-state index in [-0.39, 0.29) is 17.0 Å². The van der Waals surface area contributed by atoms with Crippen LogP contribution >= 0.6 is 0 Å². The number of ketones is 1. The number of hydrogen-bond donors (Lipinski definition) is 0. The minimum absolute atomic E-state index is 0.0713. The van der Waals surface area contributed by atoms with Crippen molar-refractivity contribution in [1.82, 2.24) is 9.78 Å². The fourth-order valence-electron chi connectivity index (χ4n) is 1.63. The van der Waals surface area contributed by atoms with Crippen molar-refractivity contribution < 1.29 is 18.3 Å². The van der Waals surface area contributed by atoms with Crippen molar-refractivity contribution in [1.29, 1.82) is 0 Å². The molecule has 0 atom stereocenters. The standard InChI is InChI=1S/C12H10F2N2O2/c1-16-11(9(18-2)6-15-16)12(17)7-4-3-5-8(13)10(7)14/h3-6H,1-2H3. The first kappa shape index (κ1) is 12.2. The Balaban J connectivity index is 2.55. The van der Waals surface area contributed by atoms with Crippen molar-refractivity contribution in [3.63, 3.8) is 0 Å². The summed E-state index contributed by atoms with van der Waals surface area (Å²) in [5.41, 5.74) is -0.279. The number of benzene rings is 1. The van der Waals surface area contributed by atoms with Crippen molar-refractivity contribution in [3.05, 3.63) is 47.3 Å². The van der Waals surface area contributed by atoms with Gasteiger partial charge in [-0.3, -0.25) is 9.48 Å². The smallest absolute Gasteiger partial charge is 0.217 e. The van der Waals surface area contributed by atoms with Gasteiger partial charge in [0.15, 0.2) is 23.1 Å². The van der Waals surface area contributed by atoms with Crippen LogP contribution in [0.5, 0.6) is 5.75 Å². The minimum Gasteiger partial charge on any atom is -0.493 e. The zero-order chi connectivity index (χ0) is 13.3. The highest BCUT2D eigenvalue weighted by Gasteiger charge is 2.23. The molecule has 94 valence electrons. The predicted molar refractivity (Wildman–Crippen MR) is 59.6 cm³/mol. The van der Waals surface area contributed by atoms with E-state index in [9.17, 15) is 13.6 Å². The predicted octanol–water partition coefficient (Wildman–Crippen LogP) is 1.94. The monoisotopic (exact) mass is 252 g/mol. The highest BCUT2D eigenvalue weighted by molar-refractivity contribution is 6.09. The number of aryl methyl sites for hydroxylation is 1. The Morgan fingerprint density at radius 3 is 2.78 bits per heavy atom. The summed E-state index contributed by atoms with van der Waals surface area (Å²) >= 11 is 0. The fourth-order valence-corrected chi connectivity index (χ4v) is 1.63. The number of rotatable bonds is 3. The summed E-state index contributed by atoms with van der Waals surface area (Å²) in [6.45, 7) is 0. The van der Waals surface area contributed by atoms with E-state index in [0.717, 1.165) is 6.07 Å². The molecule has 0 aliphatic heterocycles. The molecule has 6 heteroatoms. The topological polar surface area (TPSA) is 44.1 Å². The Hall–Kier alpha value is -2.24. The number of carbonyl (C=O) groups is 1. The number of ether oxygens (including phenoxy) is 1. The van der Waals surface area contributed by atoms with Crippen LogP contribution in [0.15, 0.2) is 24.4 Å². The first-order valence-corrected chi connectivity index (χ1v) is 5.11. The lowest BCUT2D eigenvalue weighted by molar-refractivity contribution is 0.102. The van der Waals surface area contributed by atoms with Gasteiger partial charge in [0, 0.05) is 7.05 Å². The molecule has 0 N–H and O–H groups in total. The van der Waals surface area contributed by atoms with Gasteiger partial charge >= 0.3 is 0 Å². The minimum atomic E-state index is -1.18. The second-order valence-corrected chi connectivity index (χ2v) is 3.62. The molecular weight excluding hydrogens is 242 g/mol. The van der Waals surface area contributed by atoms with Gasteiger partial charge in [0.05, 0.1) is 18.9 Å². The Morgan fingerprint density at radius 2 is 2.11 bits per heavy atom. The Labute approximate surface area is 102 Å². The molecule has 1 aromatic carbocycles. The lowest BCUT2D eigenvalue weighted by Crippen LogP contribution is -2.12. The number of methoxy groups -OCH3 is 1. The summed E-state index contributed by atoms with van der Waals surface area (Å²) in [5.74, 6) is -2.71. The Bertz CT molecular complexity index is 608. The molecule has 1 heterocycles. The van der Waals surface area contributed by atoms with Gasteiger partial charge in [0.2, 0.25) is 5.78 Å². The average molecular weight is 252 g/mol. The molecule has 2 aromatic rings. The normalized spacial score (nSPS) is 10.4. The fraction of sp³-hybridized carbons (Fsp3) is 0.167. The van der Waals surface area contributed by atoms with E-state index in [1.54, 1.807) is 0 Å². The van der Waals surface area contributed by atoms with Gasteiger partial charge < -0.3 is 4.74 Å². The van der Waals surface area contributed by atoms with E-state index in [0.29, 0.717) is 0 Å². The quantitative estimate of drug-likeness (QED) is 0.784. The lowest BCUT2D eigenvalue weighted by atomic mass is 10.1. The number of carbonyl (C=O) groups excluding carboxylic acids is 1. The first-order chi connectivity index (χ1) is 8.56. The maximum atomic E-state index is 13.5. The van der Waals surface area contributed by atoms with Crippen LogP contribution in [0.2, 0.25) is 0 Å². The van der Waals surface area contributed by atoms with Crippen molar-refractivity contribution in [2.75, 3.05) is 7.11 Å². The van der Waals surface area contributed by atoms with Crippen LogP contribution in [0.1, 0.15) is 16.1 Å². The molecule has 4 nitrogen and oxygen atoms in total. The Morgan fingerprint density at radius 1 is 1.39 bits per heavy atom. The van der Waals surface area contributed by atoms with Crippen molar-refractivity contribution >= 4 is 5.78 Å². The molecule has 0 unspecified atom stereocenters. The van der Waals surface area contributed by atoms with Crippen molar-refractivity contribution in [2.45, 2.75) is 0 Å². The maximum Gasteiger partial charge on any atom is 0.217 e. The summed E-state index contributed by atoms with van der Waals surface area (Å²) in [5, 5.41) is 3.84. The van der Waals surface area contributed by atoms with E-state index >= 15 is 0 Å². The molecule has 1 aromatic heterocycles. The van der Waals surface area contributed by atoms with E-state index in [2.05, 4.69) is 5.10 Å². The molecule has 0 aliphatic rings. The molecule has 0 spiro atoms. The summed E-state index contributed by atoms with van der Waals surface area (Å²) in [4.78, 5) is 12.1. The molecule has 0 aliphatic carbocycles. The summed E-state index contributed by atoms with van der Waals surface area (Å²) in [6.07, 6.45) is 1.34. The largest absolute Gasteiger partial charge is 0.493 e. The third kappa shape index (κ3) is 1.85. The average Bonchev–Trinajstić information content (AvgIpc) is 2.73. The van der Waals surface area contributed by atoms with Crippen LogP contribution in [0.25, 0.3) is 0 Å². The van der Waals surface area contributed by atoms with E-state index < -0.39 is 17.4 Å². The van der Waals surface area contributed by atoms with Crippen LogP contribution in [-0.2, 0) is 7.05 Å². The Kier molecular flexibility index (Phi) is 3.10. The molecule has 0 saturated heterocycles. The second kappa shape index (κ2) is 4.56. The second-order valence-electron chi connectivity index (χ2n) is 3.62. The van der Waals surface area contributed by atoms with Gasteiger partial charge in [0.1, 0.15) is 0 Å². The van der Waals surface area contributed by atoms with E-state index in [4.69, 9.17) is 4.74 Å². The van der Waals surface area contributed by atoms with Gasteiger partial charge in [-0.05, 0) is 12.1 Å². The number of aromatic nitrogens is 2. The SMILES string of the molecule is COc1cnn(C)c1C(=O)c1cccc(F)c1F. The molecule has 2 rings (SSSR count). The lowest BCUT2D eigenvalue weighted by Gasteiger charge is -2.05. The molecule has 18 heavy (non-hydrogen) atoms. The van der Waals surface area contributed by atoms with Gasteiger partial charge in [-0.15, -0.1) is 0 Å². The zero-order valence-corrected chi connectivity index (χ0v) is 9.78. The third-order valence-corrected chi connectivity index (χ3v) is 2.54. The van der Waals surface area contributed by atoms with Gasteiger partial charge in [0.25, 0.3) is 0 Å². The van der Waals surface area contributed by atoms with Gasteiger partial charge in [-0.1, -0.05) is 6.07 Å². The third-order valence-electron chi connectivity index (χ3n) is 2.54. The summed E-state index contributed by atoms with van der Waals surface area (Å²) in [7, 11) is 2.89. The van der Waals surface area contributed by atoms with Crippen LogP contribution in [-0.4, -0.2) is 22.7 Å². The van der Waals surface area contributed by atoms with Crippen LogP contribution in [0.4, 0.5) is 8.78 Å². The van der Waals surface area contributed by atoms with Gasteiger partial charge in [-0.2, -0.15) is 5.10 Å². The van der Waals surface area contributed by atoms with Gasteiger partial charge in [-0.25, -0.2) is 8.78 Å². The van der Waals surface area contributed by atoms with Crippen molar-refractivity contribution in [2.24, 2.45) is 7.05 Å². The molecule has 0 bridgehead atoms. The van der Waals surface area contributed by atoms with E-state index in [1.165, 1.54) is 37.2 Å². The highest BCUT2D eigenvalue weighted by atomic mass is 19.2. The molecule has 0 radical (unpaired) electrons. The van der Waals surface area contributed by atoms with Crippen LogP contribution in [0, 0.1) is 11.6 Å². The number of nitrogens with zero attached hydrogens (tertiary/aromatic N) is 2. The van der Waals surface area contributed by atoms with Crippen LogP contribution in [0.3, 0.4) is 0 Å². The number of hydrogen-bond acceptors (Lipinski definition) is 3. The van der Waals surface area contributed by atoms with E-state index in [1.807, 2.05) is 0 Å². The zero-order valence-electron chi connectivity index (χ0n) is 9.78. The molecule has 0 fully saturated rings. The molecule has 0 saturated carbocycles. The first-order valence-electron chi connectivity index (χ1n) is 5.11. The number of halogens is 2. The molecule has 0 amide bonds. The highest BCUT2D eigenvalue weighted by Crippen LogP contribution is 2.22. The summed E-state index contributed by atoms with van der Waals surface area (Å²) < 4.78 is 32.8. The summed E-state index contributed by atoms with van der Waals surface area (Å²) in [6, 6.07) is 3.44.